The maximum atomic E-state index is 12.5. The smallest absolute Gasteiger partial charge is 0.281 e. The molecule has 0 spiro atoms. The molecule has 0 fully saturated rings. The molecule has 7 heteroatoms. The Kier molecular flexibility index (Phi) is 3.50. The zero-order chi connectivity index (χ0) is 15.9. The fraction of sp³-hybridized carbons (Fsp3) is 0.0667. The maximum Gasteiger partial charge on any atom is 0.281 e. The Balaban J connectivity index is 2.46. The van der Waals surface area contributed by atoms with Crippen molar-refractivity contribution in [3.05, 3.63) is 51.5 Å². The van der Waals surface area contributed by atoms with Gasteiger partial charge in [0.1, 0.15) is 16.0 Å². The zero-order valence-electron chi connectivity index (χ0n) is 11.6. The highest BCUT2D eigenvalue weighted by Crippen LogP contribution is 2.32. The van der Waals surface area contributed by atoms with Crippen LogP contribution in [-0.2, 0) is 0 Å². The number of aromatic hydroxyl groups is 1. The lowest BCUT2D eigenvalue weighted by Crippen LogP contribution is -2.22. The van der Waals surface area contributed by atoms with Crippen molar-refractivity contribution in [1.82, 2.24) is 9.55 Å². The number of nitrogen functional groups attached to an aromatic ring is 1. The molecule has 2 heterocycles. The van der Waals surface area contributed by atoms with Crippen LogP contribution in [-0.4, -0.2) is 21.8 Å². The molecule has 2 aromatic heterocycles. The third-order valence-corrected chi connectivity index (χ3v) is 3.99. The molecule has 22 heavy (non-hydrogen) atoms. The van der Waals surface area contributed by atoms with Gasteiger partial charge in [0.2, 0.25) is 5.88 Å². The number of pyridine rings is 2. The first-order valence-electron chi connectivity index (χ1n) is 6.36. The second-order valence-electron chi connectivity index (χ2n) is 4.60. The van der Waals surface area contributed by atoms with Crippen LogP contribution >= 0.6 is 15.9 Å². The highest BCUT2D eigenvalue weighted by molar-refractivity contribution is 9.10. The summed E-state index contributed by atoms with van der Waals surface area (Å²) in [7, 11) is 1.52. The van der Waals surface area contributed by atoms with Gasteiger partial charge in [-0.1, -0.05) is 0 Å². The summed E-state index contributed by atoms with van der Waals surface area (Å²) < 4.78 is 6.70. The molecule has 0 aliphatic heterocycles. The van der Waals surface area contributed by atoms with Gasteiger partial charge in [0, 0.05) is 17.0 Å². The van der Waals surface area contributed by atoms with Gasteiger partial charge in [-0.05, 0) is 46.3 Å². The van der Waals surface area contributed by atoms with Crippen LogP contribution in [0.25, 0.3) is 16.5 Å². The standard InChI is InChI=1S/C15H12BrN3O3/c1-22-8-4-5-9-10(7-8)14(20)19(15(21)12(9)17)11-3-2-6-18-13(11)16/h2-7,20H,17H2,1H3. The zero-order valence-corrected chi connectivity index (χ0v) is 13.2. The van der Waals surface area contributed by atoms with Crippen molar-refractivity contribution in [2.75, 3.05) is 12.8 Å². The first kappa shape index (κ1) is 14.4. The molecule has 0 radical (unpaired) electrons. The summed E-state index contributed by atoms with van der Waals surface area (Å²) in [5.41, 5.74) is 5.89. The lowest BCUT2D eigenvalue weighted by atomic mass is 10.1. The highest BCUT2D eigenvalue weighted by Gasteiger charge is 2.17. The van der Waals surface area contributed by atoms with Gasteiger partial charge in [0.25, 0.3) is 5.56 Å². The molecule has 0 saturated heterocycles. The summed E-state index contributed by atoms with van der Waals surface area (Å²) in [6, 6.07) is 8.28. The van der Waals surface area contributed by atoms with Crippen molar-refractivity contribution in [2.45, 2.75) is 0 Å². The van der Waals surface area contributed by atoms with Gasteiger partial charge in [-0.15, -0.1) is 0 Å². The number of nitrogens with zero attached hydrogens (tertiary/aromatic N) is 2. The number of rotatable bonds is 2. The molecule has 3 aromatic rings. The fourth-order valence-corrected chi connectivity index (χ4v) is 2.72. The molecule has 0 saturated carbocycles. The predicted molar refractivity (Wildman–Crippen MR) is 87.7 cm³/mol. The van der Waals surface area contributed by atoms with E-state index in [1.165, 1.54) is 7.11 Å². The van der Waals surface area contributed by atoms with Crippen molar-refractivity contribution in [3.63, 3.8) is 0 Å². The second-order valence-corrected chi connectivity index (χ2v) is 5.35. The van der Waals surface area contributed by atoms with Gasteiger partial charge < -0.3 is 15.6 Å². The molecule has 3 N–H and O–H groups in total. The summed E-state index contributed by atoms with van der Waals surface area (Å²) in [6.07, 6.45) is 1.57. The number of ether oxygens (including phenoxy) is 1. The number of methoxy groups -OCH3 is 1. The van der Waals surface area contributed by atoms with Crippen LogP contribution in [0.1, 0.15) is 0 Å². The predicted octanol–water partition coefficient (Wildman–Crippen LogP) is 2.44. The molecule has 0 amide bonds. The average Bonchev–Trinajstić information content (AvgIpc) is 2.54. The highest BCUT2D eigenvalue weighted by atomic mass is 79.9. The third kappa shape index (κ3) is 2.10. The van der Waals surface area contributed by atoms with E-state index in [1.54, 1.807) is 36.5 Å². The molecular weight excluding hydrogens is 350 g/mol. The van der Waals surface area contributed by atoms with Crippen LogP contribution in [0.5, 0.6) is 11.6 Å². The maximum absolute atomic E-state index is 12.5. The Bertz CT molecular complexity index is 937. The largest absolute Gasteiger partial charge is 0.497 e. The quantitative estimate of drug-likeness (QED) is 0.684. The monoisotopic (exact) mass is 361 g/mol. The lowest BCUT2D eigenvalue weighted by Gasteiger charge is -2.14. The Morgan fingerprint density at radius 2 is 2.09 bits per heavy atom. The van der Waals surface area contributed by atoms with Crippen LogP contribution in [0, 0.1) is 0 Å². The molecule has 3 rings (SSSR count). The van der Waals surface area contributed by atoms with E-state index < -0.39 is 5.56 Å². The van der Waals surface area contributed by atoms with Gasteiger partial charge >= 0.3 is 0 Å². The topological polar surface area (TPSA) is 90.4 Å². The summed E-state index contributed by atoms with van der Waals surface area (Å²) in [5.74, 6) is 0.333. The molecule has 0 bridgehead atoms. The van der Waals surface area contributed by atoms with Crippen molar-refractivity contribution in [3.8, 4) is 17.3 Å². The van der Waals surface area contributed by atoms with Crippen LogP contribution in [0.3, 0.4) is 0 Å². The van der Waals surface area contributed by atoms with Crippen molar-refractivity contribution in [2.24, 2.45) is 0 Å². The fourth-order valence-electron chi connectivity index (χ4n) is 2.29. The van der Waals surface area contributed by atoms with Crippen LogP contribution in [0.15, 0.2) is 45.9 Å². The number of hydrogen-bond donors (Lipinski definition) is 2. The molecule has 1 aromatic carbocycles. The second kappa shape index (κ2) is 5.34. The summed E-state index contributed by atoms with van der Waals surface area (Å²) in [4.78, 5) is 16.6. The number of hydrogen-bond acceptors (Lipinski definition) is 5. The minimum absolute atomic E-state index is 0.0474. The third-order valence-electron chi connectivity index (χ3n) is 3.38. The van der Waals surface area contributed by atoms with Crippen molar-refractivity contribution >= 4 is 32.4 Å². The summed E-state index contributed by atoms with van der Waals surface area (Å²) in [5, 5.41) is 11.5. The molecule has 6 nitrogen and oxygen atoms in total. The number of benzene rings is 1. The molecule has 0 atom stereocenters. The van der Waals surface area contributed by atoms with E-state index in [0.29, 0.717) is 26.8 Å². The van der Waals surface area contributed by atoms with Gasteiger partial charge in [0.05, 0.1) is 12.8 Å². The Hall–Kier alpha value is -2.54. The summed E-state index contributed by atoms with van der Waals surface area (Å²) in [6.45, 7) is 0. The Labute approximate surface area is 133 Å². The SMILES string of the molecule is COc1ccc2c(N)c(=O)n(-c3cccnc3Br)c(O)c2c1. The van der Waals surface area contributed by atoms with Gasteiger partial charge in [-0.3, -0.25) is 4.79 Å². The first-order chi connectivity index (χ1) is 10.5. The molecule has 0 unspecified atom stereocenters. The van der Waals surface area contributed by atoms with E-state index in [9.17, 15) is 9.90 Å². The van der Waals surface area contributed by atoms with Gasteiger partial charge in [-0.25, -0.2) is 9.55 Å². The Morgan fingerprint density at radius 1 is 1.32 bits per heavy atom. The number of anilines is 1. The Morgan fingerprint density at radius 3 is 2.77 bits per heavy atom. The van der Waals surface area contributed by atoms with Crippen molar-refractivity contribution < 1.29 is 9.84 Å². The van der Waals surface area contributed by atoms with Gasteiger partial charge in [-0.2, -0.15) is 0 Å². The van der Waals surface area contributed by atoms with Crippen LogP contribution in [0.4, 0.5) is 5.69 Å². The van der Waals surface area contributed by atoms with Gasteiger partial charge in [0.15, 0.2) is 0 Å². The van der Waals surface area contributed by atoms with Crippen LogP contribution in [0.2, 0.25) is 0 Å². The molecule has 112 valence electrons. The van der Waals surface area contributed by atoms with E-state index in [0.717, 1.165) is 4.57 Å². The van der Waals surface area contributed by atoms with E-state index >= 15 is 0 Å². The molecule has 0 aliphatic rings. The lowest BCUT2D eigenvalue weighted by molar-refractivity contribution is 0.414. The normalized spacial score (nSPS) is 10.8. The van der Waals surface area contributed by atoms with E-state index in [2.05, 4.69) is 20.9 Å². The molecule has 0 aliphatic carbocycles. The van der Waals surface area contributed by atoms with E-state index in [1.807, 2.05) is 0 Å². The van der Waals surface area contributed by atoms with E-state index in [4.69, 9.17) is 10.5 Å². The minimum Gasteiger partial charge on any atom is -0.497 e. The van der Waals surface area contributed by atoms with Crippen molar-refractivity contribution in [1.29, 1.82) is 0 Å². The number of aromatic nitrogens is 2. The molecular formula is C15H12BrN3O3. The first-order valence-corrected chi connectivity index (χ1v) is 7.16. The van der Waals surface area contributed by atoms with Crippen LogP contribution < -0.4 is 16.0 Å². The number of halogens is 1. The number of fused-ring (bicyclic) bond motifs is 1. The van der Waals surface area contributed by atoms with E-state index in [-0.39, 0.29) is 11.6 Å². The average molecular weight is 362 g/mol. The summed E-state index contributed by atoms with van der Waals surface area (Å²) >= 11 is 3.27. The minimum atomic E-state index is -0.510. The number of nitrogens with two attached hydrogens (primary N) is 1.